The zero-order valence-corrected chi connectivity index (χ0v) is 27.1. The molecule has 0 N–H and O–H groups in total. The SMILES string of the molecule is Cc1cc2c(-c3ccc(Cl)cc3)cccc2[cH-]1.Cc1cc2c(-c3ccc(Cl)cc3)cccc2[cH-]1.[CH3-].[CH3-].[Si]=[Zr]. The molecule has 0 fully saturated rings. The molecule has 38 heavy (non-hydrogen) atoms. The van der Waals surface area contributed by atoms with Crippen molar-refractivity contribution in [1.29, 1.82) is 0 Å². The van der Waals surface area contributed by atoms with E-state index in [-0.39, 0.29) is 14.9 Å². The topological polar surface area (TPSA) is 0 Å². The summed E-state index contributed by atoms with van der Waals surface area (Å²) in [6.45, 7) is 7.32. The van der Waals surface area contributed by atoms with Gasteiger partial charge in [0.25, 0.3) is 0 Å². The van der Waals surface area contributed by atoms with E-state index in [1.54, 1.807) is 0 Å². The van der Waals surface area contributed by atoms with Crippen LogP contribution in [0, 0.1) is 28.7 Å². The van der Waals surface area contributed by atoms with Gasteiger partial charge in [-0.2, -0.15) is 12.1 Å². The molecule has 0 saturated carbocycles. The molecule has 0 atom stereocenters. The predicted molar refractivity (Wildman–Crippen MR) is 168 cm³/mol. The van der Waals surface area contributed by atoms with Crippen LogP contribution in [0.15, 0.2) is 109 Å². The van der Waals surface area contributed by atoms with Crippen molar-refractivity contribution in [2.75, 3.05) is 0 Å². The average molecular weight is 629 g/mol. The van der Waals surface area contributed by atoms with Crippen LogP contribution in [-0.4, -0.2) is 6.88 Å². The molecule has 0 aromatic heterocycles. The second-order valence-electron chi connectivity index (χ2n) is 8.70. The first-order valence-electron chi connectivity index (χ1n) is 11.6. The van der Waals surface area contributed by atoms with Crippen LogP contribution < -0.4 is 0 Å². The number of hydrogen-bond donors (Lipinski definition) is 0. The van der Waals surface area contributed by atoms with Gasteiger partial charge in [-0.3, -0.25) is 0 Å². The summed E-state index contributed by atoms with van der Waals surface area (Å²) in [4.78, 5) is 0. The number of hydrogen-bond acceptors (Lipinski definition) is 0. The van der Waals surface area contributed by atoms with Gasteiger partial charge in [0.2, 0.25) is 0 Å². The van der Waals surface area contributed by atoms with Gasteiger partial charge in [-0.1, -0.05) is 84.6 Å². The molecule has 0 spiro atoms. The van der Waals surface area contributed by atoms with Gasteiger partial charge < -0.3 is 14.9 Å². The van der Waals surface area contributed by atoms with Gasteiger partial charge >= 0.3 is 30.2 Å². The van der Waals surface area contributed by atoms with E-state index in [1.807, 2.05) is 24.3 Å². The van der Waals surface area contributed by atoms with Gasteiger partial charge in [0.15, 0.2) is 0 Å². The second kappa shape index (κ2) is 14.8. The summed E-state index contributed by atoms with van der Waals surface area (Å²) in [5.74, 6) is 0. The van der Waals surface area contributed by atoms with Crippen LogP contribution in [0.2, 0.25) is 10.0 Å². The van der Waals surface area contributed by atoms with Gasteiger partial charge in [0.05, 0.1) is 0 Å². The number of rotatable bonds is 2. The summed E-state index contributed by atoms with van der Waals surface area (Å²) in [7, 11) is 0. The minimum atomic E-state index is 0. The zero-order valence-electron chi connectivity index (χ0n) is 22.1. The Bertz CT molecular complexity index is 1470. The van der Waals surface area contributed by atoms with E-state index >= 15 is 0 Å². The zero-order chi connectivity index (χ0) is 25.7. The molecule has 6 rings (SSSR count). The Kier molecular flexibility index (Phi) is 12.5. The van der Waals surface area contributed by atoms with E-state index < -0.39 is 0 Å². The molecule has 0 saturated heterocycles. The molecule has 0 amide bonds. The van der Waals surface area contributed by atoms with Crippen LogP contribution in [0.4, 0.5) is 0 Å². The Morgan fingerprint density at radius 1 is 0.553 bits per heavy atom. The van der Waals surface area contributed by atoms with Crippen molar-refractivity contribution >= 4 is 51.6 Å². The maximum absolute atomic E-state index is 5.92. The first-order chi connectivity index (χ1) is 17.5. The monoisotopic (exact) mass is 626 g/mol. The standard InChI is InChI=1S/2C16H12Cl.2CH3.Si.Zr/c2*1-11-9-13-3-2-4-15(16(13)10-11)12-5-7-14(17)8-6-12;;;;/h2*2-10H,1H3;2*1H3;;/q4*-1;;. The Morgan fingerprint density at radius 2 is 0.895 bits per heavy atom. The normalized spacial score (nSPS) is 9.87. The molecule has 0 aliphatic rings. The van der Waals surface area contributed by atoms with Crippen LogP contribution in [0.3, 0.4) is 0 Å². The molecular formula is C34H30Cl2SiZr-4. The molecule has 0 heterocycles. The van der Waals surface area contributed by atoms with E-state index in [1.165, 1.54) is 78.3 Å². The Hall–Kier alpha value is -2.22. The van der Waals surface area contributed by atoms with E-state index in [0.717, 1.165) is 10.0 Å². The number of benzene rings is 4. The summed E-state index contributed by atoms with van der Waals surface area (Å²) in [6.07, 6.45) is 0. The molecule has 6 aromatic rings. The Labute approximate surface area is 254 Å². The summed E-state index contributed by atoms with van der Waals surface area (Å²) < 4.78 is 0. The first kappa shape index (κ1) is 32.0. The third-order valence-electron chi connectivity index (χ3n) is 6.10. The van der Waals surface area contributed by atoms with E-state index in [4.69, 9.17) is 23.2 Å². The molecule has 4 heteroatoms. The Morgan fingerprint density at radius 3 is 1.24 bits per heavy atom. The third-order valence-corrected chi connectivity index (χ3v) is 6.60. The first-order valence-corrected chi connectivity index (χ1v) is 16.5. The fourth-order valence-electron chi connectivity index (χ4n) is 4.53. The van der Waals surface area contributed by atoms with E-state index in [9.17, 15) is 0 Å². The average Bonchev–Trinajstić information content (AvgIpc) is 3.47. The van der Waals surface area contributed by atoms with Crippen molar-refractivity contribution in [2.45, 2.75) is 13.8 Å². The summed E-state index contributed by atoms with van der Waals surface area (Å²) in [5, 5.41) is 6.78. The predicted octanol–water partition coefficient (Wildman–Crippen LogP) is 10.9. The second-order valence-corrected chi connectivity index (χ2v) is 9.57. The maximum atomic E-state index is 5.92. The van der Waals surface area contributed by atoms with Gasteiger partial charge in [-0.15, -0.1) is 69.1 Å². The molecule has 192 valence electrons. The van der Waals surface area contributed by atoms with Crippen LogP contribution in [0.5, 0.6) is 0 Å². The molecule has 0 bridgehead atoms. The van der Waals surface area contributed by atoms with Gasteiger partial charge in [0, 0.05) is 10.0 Å². The van der Waals surface area contributed by atoms with Crippen LogP contribution in [0.25, 0.3) is 43.8 Å². The molecule has 0 nitrogen and oxygen atoms in total. The Balaban J connectivity index is 0.000000239. The summed E-state index contributed by atoms with van der Waals surface area (Å²) in [6, 6.07) is 37.8. The molecule has 6 aromatic carbocycles. The minimum absolute atomic E-state index is 0. The number of fused-ring (bicyclic) bond motifs is 2. The van der Waals surface area contributed by atoms with E-state index in [0.29, 0.717) is 0 Å². The fraction of sp³-hybridized carbons (Fsp3) is 0.0588. The van der Waals surface area contributed by atoms with E-state index in [2.05, 4.69) is 106 Å². The molecule has 2 radical (unpaired) electrons. The quantitative estimate of drug-likeness (QED) is 0.132. The summed E-state index contributed by atoms with van der Waals surface area (Å²) in [5.41, 5.74) is 7.58. The van der Waals surface area contributed by atoms with Gasteiger partial charge in [-0.25, -0.2) is 0 Å². The molecule has 0 aliphatic heterocycles. The molecule has 0 aliphatic carbocycles. The van der Waals surface area contributed by atoms with Crippen molar-refractivity contribution in [2.24, 2.45) is 0 Å². The van der Waals surface area contributed by atoms with Crippen molar-refractivity contribution < 1.29 is 23.3 Å². The van der Waals surface area contributed by atoms with Crippen molar-refractivity contribution in [1.82, 2.24) is 0 Å². The fourth-order valence-corrected chi connectivity index (χ4v) is 4.78. The van der Waals surface area contributed by atoms with Gasteiger partial charge in [-0.05, 0) is 35.4 Å². The number of aryl methyl sites for hydroxylation is 2. The third kappa shape index (κ3) is 7.45. The summed E-state index contributed by atoms with van der Waals surface area (Å²) >= 11 is 13.2. The molecular weight excluding hydrogens is 599 g/mol. The van der Waals surface area contributed by atoms with Gasteiger partial charge in [0.1, 0.15) is 0 Å². The van der Waals surface area contributed by atoms with Crippen LogP contribution in [-0.2, 0) is 23.3 Å². The molecule has 0 unspecified atom stereocenters. The number of halogens is 2. The van der Waals surface area contributed by atoms with Crippen LogP contribution >= 0.6 is 23.2 Å². The van der Waals surface area contributed by atoms with Crippen molar-refractivity contribution in [3.8, 4) is 22.3 Å². The van der Waals surface area contributed by atoms with Crippen molar-refractivity contribution in [3.63, 3.8) is 0 Å². The van der Waals surface area contributed by atoms with Crippen LogP contribution in [0.1, 0.15) is 11.1 Å². The van der Waals surface area contributed by atoms with Crippen molar-refractivity contribution in [3.05, 3.63) is 145 Å².